The molecule has 0 aliphatic rings. The lowest BCUT2D eigenvalue weighted by atomic mass is 10.1. The van der Waals surface area contributed by atoms with E-state index in [0.29, 0.717) is 0 Å². The molecule has 0 fully saturated rings. The van der Waals surface area contributed by atoms with E-state index in [1.54, 1.807) is 0 Å². The molecule has 2 aromatic rings. The molecule has 3 nitrogen and oxygen atoms in total. The fraction of sp³-hybridized carbons (Fsp3) is 0.391. The summed E-state index contributed by atoms with van der Waals surface area (Å²) in [4.78, 5) is 3.37. The Morgan fingerprint density at radius 1 is 1.07 bits per heavy atom. The number of anilines is 1. The topological polar surface area (TPSA) is 38.5 Å². The van der Waals surface area contributed by atoms with Crippen LogP contribution in [0.3, 0.4) is 0 Å². The van der Waals surface area contributed by atoms with Crippen LogP contribution in [-0.4, -0.2) is 13.1 Å². The quantitative estimate of drug-likeness (QED) is 0.432. The van der Waals surface area contributed by atoms with Crippen LogP contribution in [0.5, 0.6) is 11.5 Å². The molecule has 0 aromatic heterocycles. The first-order chi connectivity index (χ1) is 13.1. The van der Waals surface area contributed by atoms with Crippen molar-refractivity contribution >= 4 is 23.7 Å². The van der Waals surface area contributed by atoms with Crippen LogP contribution in [-0.2, 0) is 0 Å². The fourth-order valence-electron chi connectivity index (χ4n) is 2.93. The van der Waals surface area contributed by atoms with Crippen molar-refractivity contribution < 1.29 is 4.74 Å². The summed E-state index contributed by atoms with van der Waals surface area (Å²) in [7, 11) is 0. The predicted octanol–water partition coefficient (Wildman–Crippen LogP) is 6.80. The Morgan fingerprint density at radius 2 is 1.70 bits per heavy atom. The summed E-state index contributed by atoms with van der Waals surface area (Å²) in [6.45, 7) is 12.5. The molecule has 0 bridgehead atoms. The molecule has 0 spiro atoms. The molecule has 0 aliphatic carbocycles. The van der Waals surface area contributed by atoms with Gasteiger partial charge >= 0.3 is 0 Å². The third-order valence-corrected chi connectivity index (χ3v) is 5.12. The SMILES string of the molecule is C=Cc1cc(SN)c(Oc2ccc(C)cc2)c(N(CCCC)CCCC)c1. The highest BCUT2D eigenvalue weighted by Gasteiger charge is 2.18. The van der Waals surface area contributed by atoms with Gasteiger partial charge in [-0.2, -0.15) is 0 Å². The molecule has 0 amide bonds. The van der Waals surface area contributed by atoms with Crippen LogP contribution in [0.2, 0.25) is 0 Å². The van der Waals surface area contributed by atoms with Gasteiger partial charge in [-0.05, 0) is 61.5 Å². The van der Waals surface area contributed by atoms with Crippen molar-refractivity contribution in [3.8, 4) is 11.5 Å². The first kappa shape index (κ1) is 21.4. The highest BCUT2D eigenvalue weighted by molar-refractivity contribution is 7.97. The van der Waals surface area contributed by atoms with Crippen molar-refractivity contribution in [3.05, 3.63) is 54.1 Å². The van der Waals surface area contributed by atoms with Crippen LogP contribution >= 0.6 is 11.9 Å². The van der Waals surface area contributed by atoms with E-state index in [-0.39, 0.29) is 0 Å². The molecule has 27 heavy (non-hydrogen) atoms. The number of benzene rings is 2. The van der Waals surface area contributed by atoms with Gasteiger partial charge in [0.15, 0.2) is 5.75 Å². The maximum absolute atomic E-state index is 6.35. The number of rotatable bonds is 11. The highest BCUT2D eigenvalue weighted by atomic mass is 32.2. The lowest BCUT2D eigenvalue weighted by Gasteiger charge is -2.28. The molecule has 4 heteroatoms. The monoisotopic (exact) mass is 384 g/mol. The summed E-state index contributed by atoms with van der Waals surface area (Å²) in [6, 6.07) is 12.4. The summed E-state index contributed by atoms with van der Waals surface area (Å²) < 4.78 is 6.35. The lowest BCUT2D eigenvalue weighted by Crippen LogP contribution is -2.26. The zero-order valence-corrected chi connectivity index (χ0v) is 17.6. The van der Waals surface area contributed by atoms with Gasteiger partial charge in [-0.3, -0.25) is 5.14 Å². The highest BCUT2D eigenvalue weighted by Crippen LogP contribution is 2.41. The Morgan fingerprint density at radius 3 is 2.22 bits per heavy atom. The number of nitrogens with two attached hydrogens (primary N) is 1. The summed E-state index contributed by atoms with van der Waals surface area (Å²) in [5, 5.41) is 6.01. The number of aryl methyl sites for hydroxylation is 1. The number of nitrogens with zero attached hydrogens (tertiary/aromatic N) is 1. The van der Waals surface area contributed by atoms with E-state index < -0.39 is 0 Å². The van der Waals surface area contributed by atoms with E-state index in [9.17, 15) is 0 Å². The second-order valence-electron chi connectivity index (χ2n) is 6.80. The molecule has 0 radical (unpaired) electrons. The molecule has 0 unspecified atom stereocenters. The first-order valence-electron chi connectivity index (χ1n) is 9.79. The Balaban J connectivity index is 2.49. The van der Waals surface area contributed by atoms with E-state index in [4.69, 9.17) is 9.88 Å². The average molecular weight is 385 g/mol. The van der Waals surface area contributed by atoms with E-state index >= 15 is 0 Å². The van der Waals surface area contributed by atoms with Gasteiger partial charge in [-0.25, -0.2) is 0 Å². The zero-order valence-electron chi connectivity index (χ0n) is 16.8. The smallest absolute Gasteiger partial charge is 0.165 e. The van der Waals surface area contributed by atoms with Gasteiger partial charge in [0.1, 0.15) is 5.75 Å². The van der Waals surface area contributed by atoms with Gasteiger partial charge in [0.25, 0.3) is 0 Å². The molecule has 0 saturated heterocycles. The third-order valence-electron chi connectivity index (χ3n) is 4.57. The van der Waals surface area contributed by atoms with Crippen molar-refractivity contribution in [1.29, 1.82) is 0 Å². The minimum absolute atomic E-state index is 0.828. The van der Waals surface area contributed by atoms with E-state index in [2.05, 4.69) is 50.4 Å². The molecule has 0 saturated carbocycles. The third kappa shape index (κ3) is 6.05. The molecule has 0 heterocycles. The summed E-state index contributed by atoms with van der Waals surface area (Å²) in [6.07, 6.45) is 6.50. The summed E-state index contributed by atoms with van der Waals surface area (Å²) in [5.41, 5.74) is 3.38. The molecule has 0 atom stereocenters. The van der Waals surface area contributed by atoms with Gasteiger partial charge in [0.05, 0.1) is 10.6 Å². The predicted molar refractivity (Wildman–Crippen MR) is 120 cm³/mol. The van der Waals surface area contributed by atoms with Crippen molar-refractivity contribution in [2.24, 2.45) is 5.14 Å². The largest absolute Gasteiger partial charge is 0.454 e. The molecular weight excluding hydrogens is 352 g/mol. The second kappa shape index (κ2) is 11.1. The Labute approximate surface area is 168 Å². The van der Waals surface area contributed by atoms with Crippen LogP contribution < -0.4 is 14.8 Å². The summed E-state index contributed by atoms with van der Waals surface area (Å²) >= 11 is 1.23. The van der Waals surface area contributed by atoms with E-state index in [1.165, 1.54) is 17.5 Å². The maximum Gasteiger partial charge on any atom is 0.165 e. The van der Waals surface area contributed by atoms with Crippen LogP contribution in [0.15, 0.2) is 47.9 Å². The van der Waals surface area contributed by atoms with Gasteiger partial charge in [0, 0.05) is 13.1 Å². The van der Waals surface area contributed by atoms with Crippen molar-refractivity contribution in [3.63, 3.8) is 0 Å². The van der Waals surface area contributed by atoms with Crippen molar-refractivity contribution in [2.75, 3.05) is 18.0 Å². The number of hydrogen-bond donors (Lipinski definition) is 1. The second-order valence-corrected chi connectivity index (χ2v) is 7.47. The minimum Gasteiger partial charge on any atom is -0.454 e. The standard InChI is InChI=1S/C23H32N2OS/c1-5-8-14-25(15-9-6-2)21-16-19(7-3)17-22(27-24)23(21)26-20-12-10-18(4)11-13-20/h7,10-13,16-17H,3,5-6,8-9,14-15,24H2,1-2,4H3. The molecule has 0 aliphatic heterocycles. The molecule has 2 rings (SSSR count). The molecule has 2 aromatic carbocycles. The number of ether oxygens (including phenoxy) is 1. The lowest BCUT2D eigenvalue weighted by molar-refractivity contribution is 0.468. The van der Waals surface area contributed by atoms with Crippen LogP contribution in [0.4, 0.5) is 5.69 Å². The number of unbranched alkanes of at least 4 members (excludes halogenated alkanes) is 2. The normalized spacial score (nSPS) is 10.7. The Hall–Kier alpha value is -1.91. The Bertz CT molecular complexity index is 720. The maximum atomic E-state index is 6.35. The van der Waals surface area contributed by atoms with Gasteiger partial charge in [-0.15, -0.1) is 0 Å². The van der Waals surface area contributed by atoms with E-state index in [0.717, 1.165) is 66.4 Å². The number of hydrogen-bond acceptors (Lipinski definition) is 4. The zero-order chi connectivity index (χ0) is 19.6. The van der Waals surface area contributed by atoms with Gasteiger partial charge in [-0.1, -0.05) is 57.0 Å². The summed E-state index contributed by atoms with van der Waals surface area (Å²) in [5.74, 6) is 1.67. The van der Waals surface area contributed by atoms with E-state index in [1.807, 2.05) is 24.3 Å². The van der Waals surface area contributed by atoms with Gasteiger partial charge in [0.2, 0.25) is 0 Å². The fourth-order valence-corrected chi connectivity index (χ4v) is 3.38. The van der Waals surface area contributed by atoms with Crippen LogP contribution in [0.1, 0.15) is 50.7 Å². The van der Waals surface area contributed by atoms with Gasteiger partial charge < -0.3 is 9.64 Å². The first-order valence-corrected chi connectivity index (χ1v) is 10.7. The van der Waals surface area contributed by atoms with Crippen molar-refractivity contribution in [1.82, 2.24) is 0 Å². The minimum atomic E-state index is 0.828. The van der Waals surface area contributed by atoms with Crippen LogP contribution in [0, 0.1) is 6.92 Å². The molecule has 2 N–H and O–H groups in total. The molecule has 146 valence electrons. The average Bonchev–Trinajstić information content (AvgIpc) is 2.70. The van der Waals surface area contributed by atoms with Crippen molar-refractivity contribution in [2.45, 2.75) is 51.3 Å². The Kier molecular flexibility index (Phi) is 8.76. The van der Waals surface area contributed by atoms with Crippen LogP contribution in [0.25, 0.3) is 6.08 Å². The molecular formula is C23H32N2OS.